The molecule has 0 amide bonds. The Kier molecular flexibility index (Phi) is 9.09. The number of halogens is 1. The van der Waals surface area contributed by atoms with Gasteiger partial charge in [-0.3, -0.25) is 4.90 Å². The Morgan fingerprint density at radius 1 is 1.00 bits per heavy atom. The van der Waals surface area contributed by atoms with Crippen molar-refractivity contribution in [2.24, 2.45) is 0 Å². The highest BCUT2D eigenvalue weighted by atomic mass is 35.5. The second-order valence-corrected chi connectivity index (χ2v) is 15.0. The van der Waals surface area contributed by atoms with Crippen LogP contribution in [0.4, 0.5) is 28.8 Å². The molecule has 9 nitrogen and oxygen atoms in total. The van der Waals surface area contributed by atoms with Crippen molar-refractivity contribution >= 4 is 52.9 Å². The largest absolute Gasteiger partial charge is 0.494 e. The minimum atomic E-state index is -2.51. The molecule has 0 saturated carbocycles. The van der Waals surface area contributed by atoms with Gasteiger partial charge in [0.25, 0.3) is 0 Å². The van der Waals surface area contributed by atoms with Gasteiger partial charge < -0.3 is 29.7 Å². The molecule has 0 radical (unpaired) electrons. The van der Waals surface area contributed by atoms with Crippen LogP contribution in [0.1, 0.15) is 18.4 Å². The van der Waals surface area contributed by atoms with E-state index in [0.29, 0.717) is 28.5 Å². The van der Waals surface area contributed by atoms with E-state index in [2.05, 4.69) is 61.4 Å². The number of rotatable bonds is 8. The zero-order valence-electron chi connectivity index (χ0n) is 24.7. The van der Waals surface area contributed by atoms with Crippen LogP contribution in [0.15, 0.2) is 42.6 Å². The van der Waals surface area contributed by atoms with Crippen molar-refractivity contribution in [2.45, 2.75) is 25.8 Å². The number of hydrogen-bond acceptors (Lipinski definition) is 9. The average molecular weight is 598 g/mol. The SMILES string of the molecule is COc1cc(N2CCC(N3CCN(C)CC3)CC2)c(C)cc1Nc1ncc(Cl)c(Nc2ccccc2P(C)(C)=O)n1. The monoisotopic (exact) mass is 597 g/mol. The predicted molar refractivity (Wildman–Crippen MR) is 171 cm³/mol. The lowest BCUT2D eigenvalue weighted by Crippen LogP contribution is -2.52. The summed E-state index contributed by atoms with van der Waals surface area (Å²) in [5.74, 6) is 1.53. The molecule has 2 fully saturated rings. The number of ether oxygens (including phenoxy) is 1. The Morgan fingerprint density at radius 2 is 1.71 bits per heavy atom. The molecule has 220 valence electrons. The molecule has 0 atom stereocenters. The Labute approximate surface area is 248 Å². The molecule has 0 spiro atoms. The summed E-state index contributed by atoms with van der Waals surface area (Å²) >= 11 is 6.45. The number of benzene rings is 2. The maximum atomic E-state index is 12.8. The number of nitrogens with one attached hydrogen (secondary N) is 2. The van der Waals surface area contributed by atoms with Crippen molar-refractivity contribution in [1.29, 1.82) is 0 Å². The van der Waals surface area contributed by atoms with E-state index >= 15 is 0 Å². The van der Waals surface area contributed by atoms with Crippen molar-refractivity contribution < 1.29 is 9.30 Å². The summed E-state index contributed by atoms with van der Waals surface area (Å²) in [6, 6.07) is 12.4. The molecule has 2 aromatic carbocycles. The number of aromatic nitrogens is 2. The Bertz CT molecular complexity index is 1420. The lowest BCUT2D eigenvalue weighted by Gasteiger charge is -2.43. The topological polar surface area (TPSA) is 85.9 Å². The van der Waals surface area contributed by atoms with Gasteiger partial charge in [-0.2, -0.15) is 4.98 Å². The molecule has 1 aromatic heterocycles. The van der Waals surface area contributed by atoms with Gasteiger partial charge in [0.15, 0.2) is 5.82 Å². The highest BCUT2D eigenvalue weighted by molar-refractivity contribution is 7.70. The molecular formula is C30H41ClN7O2P. The van der Waals surface area contributed by atoms with E-state index in [-0.39, 0.29) is 0 Å². The van der Waals surface area contributed by atoms with Gasteiger partial charge in [0, 0.05) is 62.4 Å². The van der Waals surface area contributed by atoms with Gasteiger partial charge in [-0.1, -0.05) is 23.7 Å². The fraction of sp³-hybridized carbons (Fsp3) is 0.467. The highest BCUT2D eigenvalue weighted by Gasteiger charge is 2.28. The van der Waals surface area contributed by atoms with E-state index in [9.17, 15) is 4.57 Å². The number of nitrogens with zero attached hydrogens (tertiary/aromatic N) is 5. The molecule has 5 rings (SSSR count). The third-order valence-electron chi connectivity index (χ3n) is 8.11. The van der Waals surface area contributed by atoms with Crippen LogP contribution in [0.2, 0.25) is 5.02 Å². The van der Waals surface area contributed by atoms with Crippen LogP contribution in [0.5, 0.6) is 5.75 Å². The number of para-hydroxylation sites is 1. The van der Waals surface area contributed by atoms with Gasteiger partial charge in [-0.05, 0) is 63.9 Å². The molecule has 3 aromatic rings. The van der Waals surface area contributed by atoms with E-state index < -0.39 is 7.14 Å². The van der Waals surface area contributed by atoms with Gasteiger partial charge in [0.1, 0.15) is 17.9 Å². The van der Waals surface area contributed by atoms with Crippen LogP contribution >= 0.6 is 18.7 Å². The molecule has 0 aliphatic carbocycles. The molecule has 41 heavy (non-hydrogen) atoms. The first-order valence-corrected chi connectivity index (χ1v) is 17.2. The lowest BCUT2D eigenvalue weighted by atomic mass is 10.0. The number of hydrogen-bond donors (Lipinski definition) is 2. The Morgan fingerprint density at radius 3 is 2.39 bits per heavy atom. The van der Waals surface area contributed by atoms with Gasteiger partial charge in [0.2, 0.25) is 5.95 Å². The fourth-order valence-electron chi connectivity index (χ4n) is 5.76. The molecule has 2 aliphatic rings. The molecular weight excluding hydrogens is 557 g/mol. The van der Waals surface area contributed by atoms with Crippen LogP contribution in [0.25, 0.3) is 0 Å². The first-order valence-electron chi connectivity index (χ1n) is 14.2. The maximum absolute atomic E-state index is 12.8. The lowest BCUT2D eigenvalue weighted by molar-refractivity contribution is 0.0982. The van der Waals surface area contributed by atoms with Crippen molar-refractivity contribution in [1.82, 2.24) is 19.8 Å². The zero-order chi connectivity index (χ0) is 29.1. The van der Waals surface area contributed by atoms with E-state index in [1.54, 1.807) is 26.6 Å². The average Bonchev–Trinajstić information content (AvgIpc) is 2.95. The number of anilines is 5. The number of likely N-dealkylation sites (N-methyl/N-ethyl adjacent to an activating group) is 1. The number of piperidine rings is 1. The summed E-state index contributed by atoms with van der Waals surface area (Å²) in [6.07, 6.45) is 3.90. The third kappa shape index (κ3) is 6.97. The number of piperazine rings is 1. The molecule has 0 bridgehead atoms. The standard InChI is InChI=1S/C30H41ClN7O2P/c1-21-18-25(27(40-3)19-26(21)38-12-10-22(11-13-38)37-16-14-36(2)15-17-37)34-30-32-20-23(31)29(35-30)33-24-8-6-7-9-28(24)41(4,5)39/h6-9,18-20,22H,10-17H2,1-5H3,(H2,32,33,34,35). The highest BCUT2D eigenvalue weighted by Crippen LogP contribution is 2.39. The van der Waals surface area contributed by atoms with E-state index in [1.807, 2.05) is 24.3 Å². The third-order valence-corrected chi connectivity index (χ3v) is 9.93. The molecule has 2 aliphatic heterocycles. The molecule has 0 unspecified atom stereocenters. The Hall–Kier alpha value is -2.84. The maximum Gasteiger partial charge on any atom is 0.229 e. The van der Waals surface area contributed by atoms with Crippen LogP contribution < -0.4 is 25.6 Å². The van der Waals surface area contributed by atoms with Gasteiger partial charge in [0.05, 0.1) is 24.7 Å². The minimum absolute atomic E-state index is 0.367. The zero-order valence-corrected chi connectivity index (χ0v) is 26.3. The van der Waals surface area contributed by atoms with E-state index in [4.69, 9.17) is 16.3 Å². The summed E-state index contributed by atoms with van der Waals surface area (Å²) in [5.41, 5.74) is 3.85. The first kappa shape index (κ1) is 29.6. The smallest absolute Gasteiger partial charge is 0.229 e. The molecule has 11 heteroatoms. The van der Waals surface area contributed by atoms with Gasteiger partial charge in [-0.25, -0.2) is 4.98 Å². The number of methoxy groups -OCH3 is 1. The second-order valence-electron chi connectivity index (χ2n) is 11.4. The molecule has 2 N–H and O–H groups in total. The normalized spacial score (nSPS) is 17.5. The predicted octanol–water partition coefficient (Wildman–Crippen LogP) is 5.40. The summed E-state index contributed by atoms with van der Waals surface area (Å²) in [5, 5.41) is 7.68. The quantitative estimate of drug-likeness (QED) is 0.332. The van der Waals surface area contributed by atoms with Crippen molar-refractivity contribution in [3.05, 3.63) is 53.2 Å². The Balaban J connectivity index is 1.31. The van der Waals surface area contributed by atoms with Gasteiger partial charge in [-0.15, -0.1) is 0 Å². The van der Waals surface area contributed by atoms with Crippen LogP contribution in [0.3, 0.4) is 0 Å². The fourth-order valence-corrected chi connectivity index (χ4v) is 7.05. The van der Waals surface area contributed by atoms with Gasteiger partial charge >= 0.3 is 0 Å². The first-order chi connectivity index (χ1) is 19.6. The van der Waals surface area contributed by atoms with E-state index in [0.717, 1.165) is 48.5 Å². The van der Waals surface area contributed by atoms with Crippen LogP contribution in [-0.4, -0.2) is 92.6 Å². The van der Waals surface area contributed by atoms with Crippen molar-refractivity contribution in [3.63, 3.8) is 0 Å². The summed E-state index contributed by atoms with van der Waals surface area (Å²) in [6.45, 7) is 12.4. The molecule has 2 saturated heterocycles. The summed E-state index contributed by atoms with van der Waals surface area (Å²) < 4.78 is 18.6. The summed E-state index contributed by atoms with van der Waals surface area (Å²) in [7, 11) is 1.38. The summed E-state index contributed by atoms with van der Waals surface area (Å²) in [4.78, 5) is 16.6. The number of aryl methyl sites for hydroxylation is 1. The minimum Gasteiger partial charge on any atom is -0.494 e. The van der Waals surface area contributed by atoms with Crippen LogP contribution in [-0.2, 0) is 4.57 Å². The molecule has 3 heterocycles. The van der Waals surface area contributed by atoms with E-state index in [1.165, 1.54) is 31.6 Å². The van der Waals surface area contributed by atoms with Crippen molar-refractivity contribution in [2.75, 3.05) is 82.3 Å². The van der Waals surface area contributed by atoms with Crippen LogP contribution in [0, 0.1) is 6.92 Å². The second kappa shape index (κ2) is 12.6. The van der Waals surface area contributed by atoms with Crippen molar-refractivity contribution in [3.8, 4) is 5.75 Å².